The monoisotopic (exact) mass is 463 g/mol. The van der Waals surface area contributed by atoms with Gasteiger partial charge in [-0.1, -0.05) is 44.9 Å². The van der Waals surface area contributed by atoms with Crippen molar-refractivity contribution in [2.75, 3.05) is 17.2 Å². The van der Waals surface area contributed by atoms with Crippen molar-refractivity contribution in [1.82, 2.24) is 0 Å². The fourth-order valence-electron chi connectivity index (χ4n) is 3.93. The van der Waals surface area contributed by atoms with E-state index in [1.54, 1.807) is 0 Å². The minimum Gasteiger partial charge on any atom is -0.476 e. The minimum atomic E-state index is -1.82. The highest BCUT2D eigenvalue weighted by Gasteiger charge is 2.38. The zero-order valence-corrected chi connectivity index (χ0v) is 19.0. The highest BCUT2D eigenvalue weighted by Crippen LogP contribution is 2.44. The van der Waals surface area contributed by atoms with Gasteiger partial charge in [0.2, 0.25) is 5.83 Å². The molecular weight excluding hydrogens is 436 g/mol. The average Bonchev–Trinajstić information content (AvgIpc) is 2.91. The summed E-state index contributed by atoms with van der Waals surface area (Å²) in [6, 6.07) is 12.0. The van der Waals surface area contributed by atoms with E-state index < -0.39 is 28.4 Å². The molecule has 2 unspecified atom stereocenters. The van der Waals surface area contributed by atoms with Crippen LogP contribution >= 0.6 is 0 Å². The van der Waals surface area contributed by atoms with Crippen molar-refractivity contribution in [2.24, 2.45) is 5.41 Å². The third-order valence-corrected chi connectivity index (χ3v) is 7.54. The SMILES string of the molecule is CCCCC1(CC)CN(c2ccccc2)c2cc(F)c(O/C=C(\F)C(=O)O)cc2S(=O)C1. The molecule has 0 radical (unpaired) electrons. The predicted octanol–water partition coefficient (Wildman–Crippen LogP) is 5.95. The molecule has 2 atom stereocenters. The standard InChI is InChI=1S/C24H27F2NO4S/c1-3-5-11-24(4-2)15-27(17-9-7-6-8-10-17)20-12-18(25)21(13-22(20)32(30)16-24)31-14-19(26)23(28)29/h6-10,12-14H,3-5,11,15-16H2,1-2H3,(H,28,29)/b19-14-. The van der Waals surface area contributed by atoms with Gasteiger partial charge < -0.3 is 14.7 Å². The number of unbranched alkanes of at least 4 members (excludes halogenated alkanes) is 1. The second kappa shape index (κ2) is 10.3. The van der Waals surface area contributed by atoms with Crippen molar-refractivity contribution < 1.29 is 27.6 Å². The van der Waals surface area contributed by atoms with Crippen molar-refractivity contribution in [1.29, 1.82) is 0 Å². The Morgan fingerprint density at radius 3 is 2.62 bits per heavy atom. The van der Waals surface area contributed by atoms with Crippen LogP contribution in [0.15, 0.2) is 59.4 Å². The quantitative estimate of drug-likeness (QED) is 0.387. The Kier molecular flexibility index (Phi) is 7.66. The lowest BCUT2D eigenvalue weighted by Crippen LogP contribution is -2.37. The van der Waals surface area contributed by atoms with Crippen LogP contribution in [0.1, 0.15) is 39.5 Å². The van der Waals surface area contributed by atoms with E-state index in [2.05, 4.69) is 13.8 Å². The number of aliphatic carboxylic acids is 1. The van der Waals surface area contributed by atoms with Crippen LogP contribution in [0.5, 0.6) is 5.75 Å². The number of carboxylic acids is 1. The van der Waals surface area contributed by atoms with Gasteiger partial charge in [0.25, 0.3) is 0 Å². The molecular formula is C24H27F2NO4S. The molecule has 0 aliphatic carbocycles. The highest BCUT2D eigenvalue weighted by molar-refractivity contribution is 7.85. The van der Waals surface area contributed by atoms with Gasteiger partial charge in [0, 0.05) is 30.1 Å². The number of rotatable bonds is 8. The predicted molar refractivity (Wildman–Crippen MR) is 121 cm³/mol. The Labute approximate surface area is 189 Å². The molecule has 1 aliphatic rings. The van der Waals surface area contributed by atoms with Gasteiger partial charge in [-0.3, -0.25) is 4.21 Å². The maximum absolute atomic E-state index is 14.9. The van der Waals surface area contributed by atoms with E-state index in [4.69, 9.17) is 9.84 Å². The Morgan fingerprint density at radius 2 is 2.00 bits per heavy atom. The number of ether oxygens (including phenoxy) is 1. The number of hydrogen-bond donors (Lipinski definition) is 1. The average molecular weight is 464 g/mol. The topological polar surface area (TPSA) is 66.8 Å². The first kappa shape index (κ1) is 23.9. The summed E-state index contributed by atoms with van der Waals surface area (Å²) in [5.74, 6) is -4.14. The molecule has 0 fully saturated rings. The van der Waals surface area contributed by atoms with Gasteiger partial charge in [0.1, 0.15) is 6.26 Å². The van der Waals surface area contributed by atoms with E-state index in [1.807, 2.05) is 35.2 Å². The zero-order valence-electron chi connectivity index (χ0n) is 18.1. The molecule has 1 N–H and O–H groups in total. The van der Waals surface area contributed by atoms with Gasteiger partial charge in [-0.05, 0) is 30.4 Å². The Morgan fingerprint density at radius 1 is 1.28 bits per heavy atom. The lowest BCUT2D eigenvalue weighted by atomic mass is 9.81. The number of hydrogen-bond acceptors (Lipinski definition) is 4. The van der Waals surface area contributed by atoms with Gasteiger partial charge in [-0.25, -0.2) is 9.18 Å². The van der Waals surface area contributed by atoms with Gasteiger partial charge in [-0.15, -0.1) is 0 Å². The summed E-state index contributed by atoms with van der Waals surface area (Å²) in [5, 5.41) is 8.64. The van der Waals surface area contributed by atoms with Crippen LogP contribution in [0.4, 0.5) is 20.2 Å². The number of para-hydroxylation sites is 1. The van der Waals surface area contributed by atoms with Crippen LogP contribution in [-0.2, 0) is 15.6 Å². The molecule has 1 heterocycles. The Bertz CT molecular complexity index is 1030. The fourth-order valence-corrected chi connectivity index (χ4v) is 5.72. The van der Waals surface area contributed by atoms with Gasteiger partial charge in [-0.2, -0.15) is 4.39 Å². The summed E-state index contributed by atoms with van der Waals surface area (Å²) in [4.78, 5) is 13.0. The number of carboxylic acid groups (broad SMARTS) is 1. The number of nitrogens with zero attached hydrogens (tertiary/aromatic N) is 1. The van der Waals surface area contributed by atoms with Crippen molar-refractivity contribution in [3.05, 3.63) is 60.4 Å². The second-order valence-electron chi connectivity index (χ2n) is 8.01. The maximum atomic E-state index is 14.9. The Hall–Kier alpha value is -2.74. The van der Waals surface area contributed by atoms with Gasteiger partial charge in [0.05, 0.1) is 21.4 Å². The number of anilines is 2. The number of halogens is 2. The van der Waals surface area contributed by atoms with Crippen molar-refractivity contribution in [3.63, 3.8) is 0 Å². The summed E-state index contributed by atoms with van der Waals surface area (Å²) in [6.45, 7) is 4.78. The molecule has 0 saturated heterocycles. The van der Waals surface area contributed by atoms with E-state index in [-0.39, 0.29) is 11.2 Å². The molecule has 8 heteroatoms. The van der Waals surface area contributed by atoms with E-state index in [0.717, 1.165) is 31.4 Å². The van der Waals surface area contributed by atoms with Gasteiger partial charge in [0.15, 0.2) is 11.6 Å². The summed E-state index contributed by atoms with van der Waals surface area (Å²) in [6.07, 6.45) is 4.04. The van der Waals surface area contributed by atoms with E-state index in [9.17, 15) is 17.8 Å². The smallest absolute Gasteiger partial charge is 0.368 e. The molecule has 0 aromatic heterocycles. The molecule has 3 rings (SSSR count). The summed E-state index contributed by atoms with van der Waals surface area (Å²) in [7, 11) is -1.46. The molecule has 172 valence electrons. The number of carbonyl (C=O) groups is 1. The van der Waals surface area contributed by atoms with E-state index in [1.165, 1.54) is 12.1 Å². The largest absolute Gasteiger partial charge is 0.476 e. The van der Waals surface area contributed by atoms with Crippen LogP contribution in [0.25, 0.3) is 0 Å². The fraction of sp³-hybridized carbons (Fsp3) is 0.375. The zero-order chi connectivity index (χ0) is 23.3. The van der Waals surface area contributed by atoms with Crippen LogP contribution in [0.3, 0.4) is 0 Å². The molecule has 0 saturated carbocycles. The van der Waals surface area contributed by atoms with Crippen LogP contribution in [0, 0.1) is 11.2 Å². The maximum Gasteiger partial charge on any atom is 0.368 e. The third-order valence-electron chi connectivity index (χ3n) is 5.85. The minimum absolute atomic E-state index is 0.234. The second-order valence-corrected chi connectivity index (χ2v) is 9.43. The molecule has 1 aliphatic heterocycles. The summed E-state index contributed by atoms with van der Waals surface area (Å²) >= 11 is 0. The number of benzene rings is 2. The van der Waals surface area contributed by atoms with Gasteiger partial charge >= 0.3 is 5.97 Å². The van der Waals surface area contributed by atoms with E-state index in [0.29, 0.717) is 29.1 Å². The molecule has 0 amide bonds. The Balaban J connectivity index is 2.12. The normalized spacial score (nSPS) is 21.1. The summed E-state index contributed by atoms with van der Waals surface area (Å²) < 4.78 is 46.6. The molecule has 2 aromatic carbocycles. The molecule has 2 aromatic rings. The number of fused-ring (bicyclic) bond motifs is 1. The highest BCUT2D eigenvalue weighted by atomic mass is 32.2. The van der Waals surface area contributed by atoms with Crippen LogP contribution in [0.2, 0.25) is 0 Å². The van der Waals surface area contributed by atoms with Crippen molar-refractivity contribution in [2.45, 2.75) is 44.4 Å². The lowest BCUT2D eigenvalue weighted by Gasteiger charge is -2.36. The molecule has 32 heavy (non-hydrogen) atoms. The first-order valence-corrected chi connectivity index (χ1v) is 11.9. The van der Waals surface area contributed by atoms with Crippen LogP contribution < -0.4 is 9.64 Å². The molecule has 5 nitrogen and oxygen atoms in total. The lowest BCUT2D eigenvalue weighted by molar-refractivity contribution is -0.134. The summed E-state index contributed by atoms with van der Waals surface area (Å²) in [5.41, 5.74) is 1.09. The van der Waals surface area contributed by atoms with E-state index >= 15 is 0 Å². The molecule has 0 spiro atoms. The first-order chi connectivity index (χ1) is 15.3. The van der Waals surface area contributed by atoms with Crippen LogP contribution in [-0.4, -0.2) is 27.6 Å². The third kappa shape index (κ3) is 5.18. The van der Waals surface area contributed by atoms with Crippen molar-refractivity contribution >= 4 is 28.1 Å². The van der Waals surface area contributed by atoms with Crippen molar-refractivity contribution in [3.8, 4) is 5.75 Å². The molecule has 0 bridgehead atoms. The first-order valence-electron chi connectivity index (χ1n) is 10.6.